The Bertz CT molecular complexity index is 925. The van der Waals surface area contributed by atoms with E-state index in [1.807, 2.05) is 33.8 Å². The van der Waals surface area contributed by atoms with Gasteiger partial charge in [0.25, 0.3) is 17.4 Å². The van der Waals surface area contributed by atoms with Crippen LogP contribution in [0.1, 0.15) is 58.5 Å². The maximum absolute atomic E-state index is 12.9. The maximum Gasteiger partial charge on any atom is 0.274 e. The highest BCUT2D eigenvalue weighted by Gasteiger charge is 2.18. The van der Waals surface area contributed by atoms with E-state index in [1.54, 1.807) is 24.1 Å². The number of rotatable bonds is 7. The predicted octanol–water partition coefficient (Wildman–Crippen LogP) is 3.52. The fourth-order valence-corrected chi connectivity index (χ4v) is 3.03. The molecule has 0 aliphatic heterocycles. The van der Waals surface area contributed by atoms with Gasteiger partial charge in [-0.15, -0.1) is 0 Å². The van der Waals surface area contributed by atoms with Crippen LogP contribution in [0.3, 0.4) is 0 Å². The Labute approximate surface area is 166 Å². The molecule has 0 spiro atoms. The lowest BCUT2D eigenvalue weighted by molar-refractivity contribution is 0.0754. The predicted molar refractivity (Wildman–Crippen MR) is 112 cm³/mol. The minimum absolute atomic E-state index is 0.101. The van der Waals surface area contributed by atoms with Gasteiger partial charge in [-0.25, -0.2) is 0 Å². The van der Waals surface area contributed by atoms with Crippen molar-refractivity contribution in [3.05, 3.63) is 63.1 Å². The van der Waals surface area contributed by atoms with E-state index < -0.39 is 0 Å². The molecule has 1 N–H and O–H groups in total. The molecule has 0 aliphatic carbocycles. The van der Waals surface area contributed by atoms with E-state index in [9.17, 15) is 14.4 Å². The number of amides is 2. The normalized spacial score (nSPS) is 10.6. The van der Waals surface area contributed by atoms with Crippen molar-refractivity contribution in [2.45, 2.75) is 40.5 Å². The highest BCUT2D eigenvalue weighted by Crippen LogP contribution is 2.14. The summed E-state index contributed by atoms with van der Waals surface area (Å²) < 4.78 is 1.33. The molecule has 1 aromatic heterocycles. The van der Waals surface area contributed by atoms with Gasteiger partial charge in [0, 0.05) is 31.9 Å². The van der Waals surface area contributed by atoms with Crippen LogP contribution in [-0.4, -0.2) is 34.4 Å². The molecular formula is C22H29N3O3. The number of hydrogen-bond donors (Lipinski definition) is 1. The number of carbonyl (C=O) groups excluding carboxylic acids is 2. The Morgan fingerprint density at radius 1 is 1.00 bits per heavy atom. The number of nitrogens with one attached hydrogen (secondary N) is 1. The average molecular weight is 383 g/mol. The summed E-state index contributed by atoms with van der Waals surface area (Å²) >= 11 is 0. The molecule has 0 saturated heterocycles. The molecule has 0 unspecified atom stereocenters. The second-order valence-corrected chi connectivity index (χ2v) is 7.10. The van der Waals surface area contributed by atoms with Crippen molar-refractivity contribution in [3.63, 3.8) is 0 Å². The third kappa shape index (κ3) is 4.88. The number of nitrogens with zero attached hydrogens (tertiary/aromatic N) is 2. The number of benzene rings is 1. The molecule has 1 heterocycles. The van der Waals surface area contributed by atoms with Gasteiger partial charge in [0.1, 0.15) is 5.69 Å². The summed E-state index contributed by atoms with van der Waals surface area (Å²) in [6, 6.07) is 6.85. The van der Waals surface area contributed by atoms with Gasteiger partial charge < -0.3 is 14.8 Å². The lowest BCUT2D eigenvalue weighted by atomic mass is 10.1. The van der Waals surface area contributed by atoms with Gasteiger partial charge in [0.15, 0.2) is 0 Å². The summed E-state index contributed by atoms with van der Waals surface area (Å²) in [5, 5.41) is 2.67. The minimum atomic E-state index is -0.372. The van der Waals surface area contributed by atoms with Gasteiger partial charge in [-0.1, -0.05) is 19.9 Å². The van der Waals surface area contributed by atoms with E-state index in [4.69, 9.17) is 0 Å². The summed E-state index contributed by atoms with van der Waals surface area (Å²) in [5.41, 5.74) is 2.70. The van der Waals surface area contributed by atoms with Crippen LogP contribution in [0.15, 0.2) is 35.3 Å². The highest BCUT2D eigenvalue weighted by molar-refractivity contribution is 6.05. The molecule has 0 aliphatic rings. The minimum Gasteiger partial charge on any atom is -0.339 e. The molecule has 0 fully saturated rings. The number of pyridine rings is 1. The molecule has 150 valence electrons. The summed E-state index contributed by atoms with van der Waals surface area (Å²) in [7, 11) is 1.58. The van der Waals surface area contributed by atoms with Crippen molar-refractivity contribution in [1.29, 1.82) is 0 Å². The SMILES string of the molecule is CCCN(CCC)C(=O)c1cc(NC(=O)c2ccc(C)c(C)c2)c(=O)n(C)c1. The van der Waals surface area contributed by atoms with Gasteiger partial charge in [-0.3, -0.25) is 14.4 Å². The second-order valence-electron chi connectivity index (χ2n) is 7.10. The largest absolute Gasteiger partial charge is 0.339 e. The highest BCUT2D eigenvalue weighted by atomic mass is 16.2. The van der Waals surface area contributed by atoms with Crippen LogP contribution in [0.25, 0.3) is 0 Å². The third-order valence-corrected chi connectivity index (χ3v) is 4.72. The zero-order valence-corrected chi connectivity index (χ0v) is 17.3. The number of anilines is 1. The van der Waals surface area contributed by atoms with Crippen LogP contribution in [0, 0.1) is 13.8 Å². The van der Waals surface area contributed by atoms with Crippen molar-refractivity contribution in [3.8, 4) is 0 Å². The van der Waals surface area contributed by atoms with E-state index in [0.29, 0.717) is 24.2 Å². The lowest BCUT2D eigenvalue weighted by Gasteiger charge is -2.22. The number of aromatic nitrogens is 1. The first kappa shape index (κ1) is 21.4. The molecule has 0 atom stereocenters. The van der Waals surface area contributed by atoms with Crippen molar-refractivity contribution in [2.24, 2.45) is 7.05 Å². The first-order valence-electron chi connectivity index (χ1n) is 9.67. The van der Waals surface area contributed by atoms with Gasteiger partial charge in [0.05, 0.1) is 5.56 Å². The smallest absolute Gasteiger partial charge is 0.274 e. The second kappa shape index (κ2) is 9.35. The molecule has 2 aromatic rings. The summed E-state index contributed by atoms with van der Waals surface area (Å²) in [4.78, 5) is 39.7. The van der Waals surface area contributed by atoms with Crippen molar-refractivity contribution in [2.75, 3.05) is 18.4 Å². The fourth-order valence-electron chi connectivity index (χ4n) is 3.03. The van der Waals surface area contributed by atoms with Crippen LogP contribution in [0.2, 0.25) is 0 Å². The standard InChI is InChI=1S/C22H29N3O3/c1-6-10-25(11-7-2)21(27)18-13-19(22(28)24(5)14-18)23-20(26)17-9-8-15(3)16(4)12-17/h8-9,12-14H,6-7,10-11H2,1-5H3,(H,23,26). The zero-order valence-electron chi connectivity index (χ0n) is 17.3. The Hall–Kier alpha value is -2.89. The third-order valence-electron chi connectivity index (χ3n) is 4.72. The van der Waals surface area contributed by atoms with E-state index in [-0.39, 0.29) is 23.1 Å². The van der Waals surface area contributed by atoms with Crippen LogP contribution in [0.5, 0.6) is 0 Å². The number of hydrogen-bond acceptors (Lipinski definition) is 3. The maximum atomic E-state index is 12.9. The lowest BCUT2D eigenvalue weighted by Crippen LogP contribution is -2.34. The van der Waals surface area contributed by atoms with Crippen molar-refractivity contribution < 1.29 is 9.59 Å². The Morgan fingerprint density at radius 3 is 2.21 bits per heavy atom. The van der Waals surface area contributed by atoms with Crippen LogP contribution >= 0.6 is 0 Å². The molecule has 6 nitrogen and oxygen atoms in total. The van der Waals surface area contributed by atoms with Crippen molar-refractivity contribution >= 4 is 17.5 Å². The molecule has 2 amide bonds. The topological polar surface area (TPSA) is 71.4 Å². The molecule has 2 rings (SSSR count). The van der Waals surface area contributed by atoms with E-state index in [1.165, 1.54) is 16.8 Å². The molecule has 6 heteroatoms. The first-order valence-corrected chi connectivity index (χ1v) is 9.67. The van der Waals surface area contributed by atoms with E-state index in [0.717, 1.165) is 24.0 Å². The molecule has 1 aromatic carbocycles. The van der Waals surface area contributed by atoms with Crippen LogP contribution in [0.4, 0.5) is 5.69 Å². The van der Waals surface area contributed by atoms with Gasteiger partial charge in [-0.05, 0) is 56.0 Å². The first-order chi connectivity index (χ1) is 13.3. The molecular weight excluding hydrogens is 354 g/mol. The van der Waals surface area contributed by atoms with Crippen LogP contribution in [-0.2, 0) is 7.05 Å². The fraction of sp³-hybridized carbons (Fsp3) is 0.409. The van der Waals surface area contributed by atoms with Crippen molar-refractivity contribution in [1.82, 2.24) is 9.47 Å². The summed E-state index contributed by atoms with van der Waals surface area (Å²) in [5.74, 6) is -0.509. The molecule has 0 saturated carbocycles. The summed E-state index contributed by atoms with van der Waals surface area (Å²) in [6.45, 7) is 9.25. The zero-order chi connectivity index (χ0) is 20.8. The van der Waals surface area contributed by atoms with E-state index in [2.05, 4.69) is 5.32 Å². The Balaban J connectivity index is 2.34. The monoisotopic (exact) mass is 383 g/mol. The Morgan fingerprint density at radius 2 is 1.64 bits per heavy atom. The van der Waals surface area contributed by atoms with Crippen LogP contribution < -0.4 is 10.9 Å². The molecule has 0 bridgehead atoms. The quantitative estimate of drug-likeness (QED) is 0.795. The molecule has 28 heavy (non-hydrogen) atoms. The number of carbonyl (C=O) groups is 2. The summed E-state index contributed by atoms with van der Waals surface area (Å²) in [6.07, 6.45) is 3.23. The average Bonchev–Trinajstić information content (AvgIpc) is 2.66. The van der Waals surface area contributed by atoms with E-state index >= 15 is 0 Å². The van der Waals surface area contributed by atoms with Gasteiger partial charge in [-0.2, -0.15) is 0 Å². The molecule has 0 radical (unpaired) electrons. The number of aryl methyl sites for hydroxylation is 3. The Kier molecular flexibility index (Phi) is 7.15. The van der Waals surface area contributed by atoms with Gasteiger partial charge >= 0.3 is 0 Å². The van der Waals surface area contributed by atoms with Gasteiger partial charge in [0.2, 0.25) is 0 Å².